The fourth-order valence-electron chi connectivity index (χ4n) is 1.76. The molecule has 16 heavy (non-hydrogen) atoms. The first-order chi connectivity index (χ1) is 7.86. The van der Waals surface area contributed by atoms with Gasteiger partial charge in [0.05, 0.1) is 12.7 Å². The van der Waals surface area contributed by atoms with Crippen molar-refractivity contribution >= 4 is 9.28 Å². The van der Waals surface area contributed by atoms with E-state index in [2.05, 4.69) is 0 Å². The van der Waals surface area contributed by atoms with Crippen LogP contribution in [0.5, 0.6) is 0 Å². The smallest absolute Gasteiger partial charge is 0.323 e. The summed E-state index contributed by atoms with van der Waals surface area (Å²) in [4.78, 5) is 0. The van der Waals surface area contributed by atoms with Crippen molar-refractivity contribution in [2.75, 3.05) is 33.0 Å². The van der Waals surface area contributed by atoms with Gasteiger partial charge in [-0.05, 0) is 26.7 Å². The summed E-state index contributed by atoms with van der Waals surface area (Å²) in [5, 5.41) is 0. The molecule has 0 aromatic carbocycles. The van der Waals surface area contributed by atoms with Gasteiger partial charge in [-0.2, -0.15) is 0 Å². The first-order valence-corrected chi connectivity index (χ1v) is 8.05. The molecule has 96 valence electrons. The molecule has 1 heterocycles. The maximum absolute atomic E-state index is 5.59. The molecule has 0 spiro atoms. The normalized spacial score (nSPS) is 20.8. The molecule has 1 aliphatic heterocycles. The number of hydrogen-bond donors (Lipinski definition) is 0. The van der Waals surface area contributed by atoms with Crippen LogP contribution in [0.2, 0.25) is 6.04 Å². The maximum atomic E-state index is 5.59. The molecule has 0 aromatic rings. The Morgan fingerprint density at radius 2 is 2.00 bits per heavy atom. The molecule has 5 heteroatoms. The fourth-order valence-corrected chi connectivity index (χ4v) is 3.29. The van der Waals surface area contributed by atoms with Gasteiger partial charge in [0.15, 0.2) is 0 Å². The molecule has 0 radical (unpaired) electrons. The lowest BCUT2D eigenvalue weighted by molar-refractivity contribution is 0.0199. The van der Waals surface area contributed by atoms with E-state index in [4.69, 9.17) is 18.3 Å². The minimum absolute atomic E-state index is 0.319. The van der Waals surface area contributed by atoms with E-state index in [0.717, 1.165) is 45.5 Å². The molecular formula is C11H24O4Si. The highest BCUT2D eigenvalue weighted by atomic mass is 28.3. The van der Waals surface area contributed by atoms with Crippen molar-refractivity contribution < 1.29 is 18.3 Å². The van der Waals surface area contributed by atoms with Crippen molar-refractivity contribution in [3.8, 4) is 0 Å². The van der Waals surface area contributed by atoms with Crippen molar-refractivity contribution in [2.45, 2.75) is 38.8 Å². The average Bonchev–Trinajstić information content (AvgIpc) is 2.78. The Balaban J connectivity index is 1.98. The van der Waals surface area contributed by atoms with Crippen molar-refractivity contribution in [1.82, 2.24) is 0 Å². The standard InChI is InChI=1S/C11H24O4Si/c1-3-14-16(15-4-2)9-8-12-10-11-6-5-7-13-11/h11,16H,3-10H2,1-2H3. The Kier molecular flexibility index (Phi) is 8.05. The summed E-state index contributed by atoms with van der Waals surface area (Å²) in [6.07, 6.45) is 2.63. The van der Waals surface area contributed by atoms with Crippen molar-refractivity contribution in [3.63, 3.8) is 0 Å². The van der Waals surface area contributed by atoms with E-state index in [1.807, 2.05) is 13.8 Å². The predicted molar refractivity (Wildman–Crippen MR) is 65.0 cm³/mol. The van der Waals surface area contributed by atoms with E-state index in [0.29, 0.717) is 6.10 Å². The molecular weight excluding hydrogens is 224 g/mol. The SMILES string of the molecule is CCO[SiH](CCOCC1CCCO1)OCC. The third-order valence-electron chi connectivity index (χ3n) is 2.53. The zero-order valence-electron chi connectivity index (χ0n) is 10.4. The summed E-state index contributed by atoms with van der Waals surface area (Å²) in [6, 6.07) is 0.925. The van der Waals surface area contributed by atoms with Gasteiger partial charge >= 0.3 is 9.28 Å². The van der Waals surface area contributed by atoms with Crippen molar-refractivity contribution in [2.24, 2.45) is 0 Å². The molecule has 1 aliphatic rings. The lowest BCUT2D eigenvalue weighted by atomic mass is 10.2. The van der Waals surface area contributed by atoms with Crippen LogP contribution in [0.15, 0.2) is 0 Å². The highest BCUT2D eigenvalue weighted by Crippen LogP contribution is 2.12. The van der Waals surface area contributed by atoms with Gasteiger partial charge in [-0.3, -0.25) is 0 Å². The van der Waals surface area contributed by atoms with E-state index in [-0.39, 0.29) is 0 Å². The molecule has 4 nitrogen and oxygen atoms in total. The largest absolute Gasteiger partial charge is 0.397 e. The molecule has 0 N–H and O–H groups in total. The molecule has 1 fully saturated rings. The van der Waals surface area contributed by atoms with Gasteiger partial charge in [-0.15, -0.1) is 0 Å². The molecule has 1 atom stereocenters. The Morgan fingerprint density at radius 3 is 2.56 bits per heavy atom. The monoisotopic (exact) mass is 248 g/mol. The van der Waals surface area contributed by atoms with Gasteiger partial charge in [0, 0.05) is 32.5 Å². The Hall–Kier alpha value is 0.0569. The third kappa shape index (κ3) is 5.96. The van der Waals surface area contributed by atoms with Gasteiger partial charge in [0.25, 0.3) is 0 Å². The minimum Gasteiger partial charge on any atom is -0.397 e. The van der Waals surface area contributed by atoms with E-state index < -0.39 is 9.28 Å². The summed E-state index contributed by atoms with van der Waals surface area (Å²) in [5.74, 6) is 0. The Bertz CT molecular complexity index is 156. The van der Waals surface area contributed by atoms with Gasteiger partial charge < -0.3 is 18.3 Å². The van der Waals surface area contributed by atoms with Crippen molar-refractivity contribution in [3.05, 3.63) is 0 Å². The van der Waals surface area contributed by atoms with Crippen LogP contribution in [0.25, 0.3) is 0 Å². The second kappa shape index (κ2) is 9.12. The van der Waals surface area contributed by atoms with Crippen LogP contribution >= 0.6 is 0 Å². The summed E-state index contributed by atoms with van der Waals surface area (Å²) in [5.41, 5.74) is 0. The molecule has 0 bridgehead atoms. The lowest BCUT2D eigenvalue weighted by Gasteiger charge is -2.15. The zero-order valence-corrected chi connectivity index (χ0v) is 11.6. The first kappa shape index (κ1) is 14.1. The summed E-state index contributed by atoms with van der Waals surface area (Å²) in [6.45, 7) is 7.84. The molecule has 0 saturated carbocycles. The van der Waals surface area contributed by atoms with Crippen LogP contribution in [0, 0.1) is 0 Å². The van der Waals surface area contributed by atoms with Crippen LogP contribution in [0.3, 0.4) is 0 Å². The molecule has 0 aliphatic carbocycles. The van der Waals surface area contributed by atoms with E-state index in [1.54, 1.807) is 0 Å². The van der Waals surface area contributed by atoms with Crippen LogP contribution < -0.4 is 0 Å². The predicted octanol–water partition coefficient (Wildman–Crippen LogP) is 1.48. The molecule has 0 amide bonds. The summed E-state index contributed by atoms with van der Waals surface area (Å²) in [7, 11) is -1.46. The molecule has 1 unspecified atom stereocenters. The van der Waals surface area contributed by atoms with Crippen molar-refractivity contribution in [1.29, 1.82) is 0 Å². The second-order valence-corrected chi connectivity index (χ2v) is 5.94. The minimum atomic E-state index is -1.46. The topological polar surface area (TPSA) is 36.9 Å². The fraction of sp³-hybridized carbons (Fsp3) is 1.00. The maximum Gasteiger partial charge on any atom is 0.323 e. The number of hydrogen-bond acceptors (Lipinski definition) is 4. The number of rotatable bonds is 9. The first-order valence-electron chi connectivity index (χ1n) is 6.29. The average molecular weight is 248 g/mol. The van der Waals surface area contributed by atoms with Crippen LogP contribution in [0.1, 0.15) is 26.7 Å². The third-order valence-corrected chi connectivity index (χ3v) is 4.65. The molecule has 0 aromatic heterocycles. The quantitative estimate of drug-likeness (QED) is 0.457. The van der Waals surface area contributed by atoms with Gasteiger partial charge in [-0.1, -0.05) is 0 Å². The highest BCUT2D eigenvalue weighted by molar-refractivity contribution is 6.44. The Labute approximate surface area is 100 Å². The second-order valence-electron chi connectivity index (χ2n) is 3.84. The van der Waals surface area contributed by atoms with Crippen LogP contribution in [-0.4, -0.2) is 48.4 Å². The highest BCUT2D eigenvalue weighted by Gasteiger charge is 2.16. The van der Waals surface area contributed by atoms with Crippen LogP contribution in [0.4, 0.5) is 0 Å². The van der Waals surface area contributed by atoms with E-state index in [1.165, 1.54) is 6.42 Å². The summed E-state index contributed by atoms with van der Waals surface area (Å²) >= 11 is 0. The molecule has 1 rings (SSSR count). The summed E-state index contributed by atoms with van der Waals surface area (Å²) < 4.78 is 22.2. The zero-order chi connectivity index (χ0) is 11.6. The van der Waals surface area contributed by atoms with Gasteiger partial charge in [0.1, 0.15) is 0 Å². The van der Waals surface area contributed by atoms with E-state index in [9.17, 15) is 0 Å². The van der Waals surface area contributed by atoms with Gasteiger partial charge in [0.2, 0.25) is 0 Å². The van der Waals surface area contributed by atoms with Crippen LogP contribution in [-0.2, 0) is 18.3 Å². The Morgan fingerprint density at radius 1 is 1.25 bits per heavy atom. The number of ether oxygens (including phenoxy) is 2. The van der Waals surface area contributed by atoms with E-state index >= 15 is 0 Å². The lowest BCUT2D eigenvalue weighted by Crippen LogP contribution is -2.25. The van der Waals surface area contributed by atoms with Gasteiger partial charge in [-0.25, -0.2) is 0 Å². The molecule has 1 saturated heterocycles.